The molecule has 8 nitrogen and oxygen atoms in total. The number of fused-ring (bicyclic) bond motifs is 1. The zero-order chi connectivity index (χ0) is 26.3. The number of nitrogens with two attached hydrogens (primary N) is 1. The van der Waals surface area contributed by atoms with Gasteiger partial charge in [-0.25, -0.2) is 18.8 Å². The fourth-order valence-electron chi connectivity index (χ4n) is 4.75. The van der Waals surface area contributed by atoms with E-state index in [2.05, 4.69) is 15.3 Å². The quantitative estimate of drug-likeness (QED) is 0.545. The van der Waals surface area contributed by atoms with Crippen molar-refractivity contribution in [2.45, 2.75) is 43.3 Å². The molecule has 2 aliphatic rings. The molecule has 1 aromatic heterocycles. The van der Waals surface area contributed by atoms with Crippen LogP contribution in [0.4, 0.5) is 14.5 Å². The van der Waals surface area contributed by atoms with E-state index in [1.165, 1.54) is 24.4 Å². The van der Waals surface area contributed by atoms with E-state index in [4.69, 9.17) is 19.9 Å². The van der Waals surface area contributed by atoms with Crippen LogP contribution in [0, 0.1) is 18.7 Å². The number of halogens is 2. The monoisotopic (exact) mass is 496 g/mol. The Morgan fingerprint density at radius 1 is 1.36 bits per heavy atom. The molecule has 4 atom stereocenters. The van der Waals surface area contributed by atoms with Crippen LogP contribution in [-0.2, 0) is 15.0 Å². The summed E-state index contributed by atoms with van der Waals surface area (Å²) in [7, 11) is 5.74. The highest BCUT2D eigenvalue weighted by Crippen LogP contribution is 2.45. The summed E-state index contributed by atoms with van der Waals surface area (Å²) in [5.41, 5.74) is 5.29. The number of nitrogens with one attached hydrogen (secondary N) is 1. The number of aliphatic imine (C=N–C) groups is 1. The molecule has 0 spiro atoms. The summed E-state index contributed by atoms with van der Waals surface area (Å²) in [5, 5.41) is 2.32. The number of amidine groups is 1. The summed E-state index contributed by atoms with van der Waals surface area (Å²) in [5.74, 6) is -1.21. The lowest BCUT2D eigenvalue weighted by Gasteiger charge is -2.46. The van der Waals surface area contributed by atoms with Crippen LogP contribution >= 0.6 is 0 Å². The van der Waals surface area contributed by atoms with E-state index in [9.17, 15) is 9.18 Å². The van der Waals surface area contributed by atoms with Gasteiger partial charge in [0.25, 0.3) is 11.9 Å². The Balaban J connectivity index is 1.64. The fraction of sp³-hybridized carbons (Fsp3) is 0.435. The average molecular weight is 496 g/mol. The molecule has 0 bridgehead atoms. The van der Waals surface area contributed by atoms with E-state index in [0.717, 1.165) is 0 Å². The summed E-state index contributed by atoms with van der Waals surface area (Å²) < 4.78 is 47.1. The first kappa shape index (κ1) is 26.0. The Kier molecular flexibility index (Phi) is 7.05. The highest BCUT2D eigenvalue weighted by molar-refractivity contribution is 6.58. The van der Waals surface area contributed by atoms with Gasteiger partial charge in [0, 0.05) is 23.0 Å². The number of alkyl halides is 1. The van der Waals surface area contributed by atoms with Crippen molar-refractivity contribution in [1.29, 1.82) is 0 Å². The summed E-state index contributed by atoms with van der Waals surface area (Å²) >= 11 is 0. The molecule has 13 heteroatoms. The lowest BCUT2D eigenvalue weighted by molar-refractivity contribution is -0.109. The second-order valence-corrected chi connectivity index (χ2v) is 10.4. The van der Waals surface area contributed by atoms with Crippen molar-refractivity contribution in [2.24, 2.45) is 16.6 Å². The van der Waals surface area contributed by atoms with E-state index in [-0.39, 0.29) is 35.7 Å². The maximum absolute atomic E-state index is 15.2. The number of aromatic nitrogens is 1. The molecule has 1 amide bonds. The summed E-state index contributed by atoms with van der Waals surface area (Å²) in [4.78, 5) is 21.5. The highest BCUT2D eigenvalue weighted by Gasteiger charge is 2.52. The zero-order valence-corrected chi connectivity index (χ0v) is 21.1. The van der Waals surface area contributed by atoms with Gasteiger partial charge in [-0.05, 0) is 43.7 Å². The zero-order valence-electron chi connectivity index (χ0n) is 21.1. The third-order valence-corrected chi connectivity index (χ3v) is 6.36. The van der Waals surface area contributed by atoms with E-state index in [0.29, 0.717) is 17.7 Å². The average Bonchev–Trinajstić information content (AvgIpc) is 2.78. The van der Waals surface area contributed by atoms with Gasteiger partial charge >= 0.3 is 0 Å². The van der Waals surface area contributed by atoms with Crippen LogP contribution in [0.2, 0.25) is 0 Å². The number of nitrogens with zero attached hydrogens (tertiary/aromatic N) is 2. The highest BCUT2D eigenvalue weighted by atomic mass is 19.1. The van der Waals surface area contributed by atoms with Gasteiger partial charge in [0.1, 0.15) is 59.1 Å². The molecule has 0 radical (unpaired) electrons. The molecular formula is C23H29B3F2N4O4. The van der Waals surface area contributed by atoms with Gasteiger partial charge in [0.05, 0.1) is 24.8 Å². The number of amides is 1. The summed E-state index contributed by atoms with van der Waals surface area (Å²) in [6.07, 6.45) is 1.37. The van der Waals surface area contributed by atoms with E-state index >= 15 is 4.39 Å². The SMILES string of the molecule is BC(B)(B)Oc1cnc(C(=O)Nc2ccc(F)c([C@@]3(CF)N=C(N)O[C@@H]4C[C@@H](C)OC[C@@H]43)c2)c(C)c1. The Hall–Kier alpha value is -3.08. The molecule has 0 aliphatic carbocycles. The maximum atomic E-state index is 15.2. The fourth-order valence-corrected chi connectivity index (χ4v) is 4.75. The van der Waals surface area contributed by atoms with Crippen molar-refractivity contribution in [3.05, 3.63) is 53.1 Å². The summed E-state index contributed by atoms with van der Waals surface area (Å²) in [6, 6.07) is 5.49. The van der Waals surface area contributed by atoms with Gasteiger partial charge in [-0.2, -0.15) is 0 Å². The van der Waals surface area contributed by atoms with Crippen LogP contribution in [0.15, 0.2) is 35.5 Å². The van der Waals surface area contributed by atoms with Crippen molar-refractivity contribution in [1.82, 2.24) is 4.98 Å². The largest absolute Gasteiger partial charge is 0.512 e. The predicted octanol–water partition coefficient (Wildman–Crippen LogP) is -0.0259. The Labute approximate surface area is 211 Å². The number of ether oxygens (including phenoxy) is 3. The predicted molar refractivity (Wildman–Crippen MR) is 140 cm³/mol. The van der Waals surface area contributed by atoms with Crippen molar-refractivity contribution in [3.63, 3.8) is 0 Å². The number of benzene rings is 1. The molecule has 2 aromatic rings. The molecule has 1 saturated heterocycles. The third-order valence-electron chi connectivity index (χ3n) is 6.36. The maximum Gasteiger partial charge on any atom is 0.283 e. The van der Waals surface area contributed by atoms with E-state index in [1.54, 1.807) is 13.0 Å². The molecule has 1 fully saturated rings. The Morgan fingerprint density at radius 2 is 2.11 bits per heavy atom. The number of carbonyl (C=O) groups is 1. The van der Waals surface area contributed by atoms with Gasteiger partial charge in [0.2, 0.25) is 0 Å². The van der Waals surface area contributed by atoms with Crippen LogP contribution in [-0.4, -0.2) is 71.2 Å². The molecule has 4 rings (SSSR count). The minimum absolute atomic E-state index is 0.0270. The Morgan fingerprint density at radius 3 is 2.78 bits per heavy atom. The minimum atomic E-state index is -1.64. The van der Waals surface area contributed by atoms with Crippen molar-refractivity contribution < 1.29 is 27.8 Å². The summed E-state index contributed by atoms with van der Waals surface area (Å²) in [6.45, 7) is 2.75. The lowest BCUT2D eigenvalue weighted by atomic mass is 9.52. The number of hydrogen-bond donors (Lipinski definition) is 2. The molecule has 3 N–H and O–H groups in total. The Bertz CT molecular complexity index is 1200. The molecule has 0 unspecified atom stereocenters. The van der Waals surface area contributed by atoms with Gasteiger partial charge in [0.15, 0.2) is 0 Å². The smallest absolute Gasteiger partial charge is 0.283 e. The third kappa shape index (κ3) is 5.21. The molecule has 36 heavy (non-hydrogen) atoms. The minimum Gasteiger partial charge on any atom is -0.512 e. The van der Waals surface area contributed by atoms with Crippen LogP contribution in [0.5, 0.6) is 5.75 Å². The number of carbonyl (C=O) groups excluding carboxylic acids is 1. The van der Waals surface area contributed by atoms with Gasteiger partial charge in [-0.1, -0.05) is 0 Å². The van der Waals surface area contributed by atoms with Crippen molar-refractivity contribution in [3.8, 4) is 5.75 Å². The second kappa shape index (κ2) is 9.76. The first-order chi connectivity index (χ1) is 16.9. The molecule has 1 aromatic carbocycles. The number of aryl methyl sites for hydroxylation is 1. The van der Waals surface area contributed by atoms with Gasteiger partial charge in [-0.3, -0.25) is 4.79 Å². The van der Waals surface area contributed by atoms with Crippen molar-refractivity contribution >= 4 is 41.2 Å². The standard InChI is InChI=1S/C23H29B3F2N4O4/c1-11-5-14(36-23(24,25)26)8-30-19(11)20(33)31-13-3-4-17(28)15(7-13)22(10-27)16-9-34-12(2)6-18(16)35-21(29)32-22/h3-5,7-8,12,16,18H,6,9-10,24-26H2,1-2H3,(H2,29,32)(H,31,33)/t12-,16+,18-,22-/m1/s1. The van der Waals surface area contributed by atoms with Crippen LogP contribution in [0.1, 0.15) is 35.0 Å². The van der Waals surface area contributed by atoms with Crippen LogP contribution in [0.25, 0.3) is 0 Å². The first-order valence-electron chi connectivity index (χ1n) is 11.9. The van der Waals surface area contributed by atoms with Gasteiger partial charge in [-0.15, -0.1) is 0 Å². The number of hydrogen-bond acceptors (Lipinski definition) is 7. The number of rotatable bonds is 6. The topological polar surface area (TPSA) is 108 Å². The molecule has 0 saturated carbocycles. The second-order valence-electron chi connectivity index (χ2n) is 10.4. The van der Waals surface area contributed by atoms with Gasteiger partial charge < -0.3 is 25.3 Å². The molecular weight excluding hydrogens is 467 g/mol. The van der Waals surface area contributed by atoms with E-state index < -0.39 is 41.3 Å². The number of anilines is 1. The normalized spacial score (nSPS) is 25.8. The van der Waals surface area contributed by atoms with Crippen LogP contribution < -0.4 is 15.8 Å². The van der Waals surface area contributed by atoms with E-state index in [1.807, 2.05) is 30.5 Å². The molecule has 188 valence electrons. The lowest BCUT2D eigenvalue weighted by Crippen LogP contribution is -2.55. The number of pyridine rings is 1. The molecule has 2 aliphatic heterocycles. The first-order valence-corrected chi connectivity index (χ1v) is 11.9. The molecule has 3 heterocycles. The van der Waals surface area contributed by atoms with Crippen molar-refractivity contribution in [2.75, 3.05) is 18.6 Å². The van der Waals surface area contributed by atoms with Crippen LogP contribution in [0.3, 0.4) is 0 Å².